The van der Waals surface area contributed by atoms with Crippen molar-refractivity contribution in [1.29, 1.82) is 0 Å². The van der Waals surface area contributed by atoms with Crippen molar-refractivity contribution in [2.24, 2.45) is 17.6 Å². The van der Waals surface area contributed by atoms with Crippen LogP contribution in [0.25, 0.3) is 10.9 Å². The minimum atomic E-state index is -0.691. The number of thioether (sulfide) groups is 1. The lowest BCUT2D eigenvalue weighted by Gasteiger charge is -2.37. The number of ether oxygens (including phenoxy) is 1. The number of aromatic nitrogens is 1. The zero-order valence-corrected chi connectivity index (χ0v) is 21.5. The Morgan fingerprint density at radius 3 is 2.88 bits per heavy atom. The molecular formula is C26H36ClN3O3S. The quantitative estimate of drug-likeness (QED) is 0.448. The summed E-state index contributed by atoms with van der Waals surface area (Å²) >= 11 is 8.60. The molecule has 186 valence electrons. The monoisotopic (exact) mass is 505 g/mol. The average Bonchev–Trinajstić information content (AvgIpc) is 3.36. The lowest BCUT2D eigenvalue weighted by atomic mass is 9.81. The van der Waals surface area contributed by atoms with E-state index in [9.17, 15) is 9.90 Å². The fraction of sp³-hybridized carbons (Fsp3) is 0.615. The SMILES string of the molecule is COc1ccc2ncc(Cl)c([C@@H](N)CC[C@H]3CCN(CCSC4CCCC4)C[C@H]3C(=O)O)c2c1. The average molecular weight is 506 g/mol. The molecule has 0 bridgehead atoms. The molecule has 0 radical (unpaired) electrons. The summed E-state index contributed by atoms with van der Waals surface area (Å²) in [5.74, 6) is 0.924. The van der Waals surface area contributed by atoms with Crippen LogP contribution in [0.2, 0.25) is 5.02 Å². The molecule has 8 heteroatoms. The van der Waals surface area contributed by atoms with Crippen molar-refractivity contribution in [3.8, 4) is 5.75 Å². The van der Waals surface area contributed by atoms with Gasteiger partial charge in [-0.2, -0.15) is 11.8 Å². The van der Waals surface area contributed by atoms with E-state index in [1.807, 2.05) is 18.2 Å². The van der Waals surface area contributed by atoms with Crippen molar-refractivity contribution in [2.75, 3.05) is 32.5 Å². The van der Waals surface area contributed by atoms with Crippen molar-refractivity contribution in [1.82, 2.24) is 9.88 Å². The number of fused-ring (bicyclic) bond motifs is 1. The molecule has 2 fully saturated rings. The molecule has 1 saturated heterocycles. The van der Waals surface area contributed by atoms with E-state index < -0.39 is 5.97 Å². The Bertz CT molecular complexity index is 985. The number of halogens is 1. The van der Waals surface area contributed by atoms with Gasteiger partial charge in [0.05, 0.1) is 23.6 Å². The largest absolute Gasteiger partial charge is 0.497 e. The van der Waals surface area contributed by atoms with E-state index in [1.165, 1.54) is 25.7 Å². The van der Waals surface area contributed by atoms with Gasteiger partial charge in [-0.1, -0.05) is 24.4 Å². The molecule has 0 spiro atoms. The smallest absolute Gasteiger partial charge is 0.308 e. The van der Waals surface area contributed by atoms with E-state index in [4.69, 9.17) is 22.1 Å². The summed E-state index contributed by atoms with van der Waals surface area (Å²) in [5.41, 5.74) is 8.31. The molecule has 3 atom stereocenters. The maximum Gasteiger partial charge on any atom is 0.308 e. The lowest BCUT2D eigenvalue weighted by molar-refractivity contribution is -0.146. The number of rotatable bonds is 10. The zero-order chi connectivity index (χ0) is 24.1. The number of carboxylic acids is 1. The third-order valence-electron chi connectivity index (χ3n) is 7.51. The van der Waals surface area contributed by atoms with Gasteiger partial charge in [-0.15, -0.1) is 0 Å². The van der Waals surface area contributed by atoms with E-state index >= 15 is 0 Å². The number of carboxylic acid groups (broad SMARTS) is 1. The van der Waals surface area contributed by atoms with E-state index in [0.29, 0.717) is 18.0 Å². The van der Waals surface area contributed by atoms with Crippen LogP contribution in [-0.4, -0.2) is 58.7 Å². The van der Waals surface area contributed by atoms with Crippen LogP contribution in [0.1, 0.15) is 56.6 Å². The highest BCUT2D eigenvalue weighted by Gasteiger charge is 2.34. The first-order valence-electron chi connectivity index (χ1n) is 12.4. The van der Waals surface area contributed by atoms with Gasteiger partial charge in [-0.25, -0.2) is 0 Å². The molecule has 2 aliphatic rings. The predicted molar refractivity (Wildman–Crippen MR) is 140 cm³/mol. The van der Waals surface area contributed by atoms with E-state index in [2.05, 4.69) is 21.6 Å². The van der Waals surface area contributed by atoms with E-state index in [-0.39, 0.29) is 17.9 Å². The van der Waals surface area contributed by atoms with Crippen molar-refractivity contribution in [3.63, 3.8) is 0 Å². The maximum atomic E-state index is 12.1. The van der Waals surface area contributed by atoms with Gasteiger partial charge in [0.1, 0.15) is 5.75 Å². The van der Waals surface area contributed by atoms with Gasteiger partial charge >= 0.3 is 5.97 Å². The van der Waals surface area contributed by atoms with Crippen molar-refractivity contribution in [2.45, 2.75) is 56.2 Å². The number of hydrogen-bond acceptors (Lipinski definition) is 6. The first-order chi connectivity index (χ1) is 16.5. The molecule has 1 aromatic carbocycles. The minimum absolute atomic E-state index is 0.128. The molecule has 2 aromatic rings. The molecule has 0 amide bonds. The Morgan fingerprint density at radius 2 is 2.15 bits per heavy atom. The fourth-order valence-electron chi connectivity index (χ4n) is 5.51. The van der Waals surface area contributed by atoms with Gasteiger partial charge in [0.25, 0.3) is 0 Å². The fourth-order valence-corrected chi connectivity index (χ4v) is 7.16. The van der Waals surface area contributed by atoms with Crippen LogP contribution in [0, 0.1) is 11.8 Å². The summed E-state index contributed by atoms with van der Waals surface area (Å²) in [6.45, 7) is 2.58. The van der Waals surface area contributed by atoms with Crippen molar-refractivity contribution in [3.05, 3.63) is 35.0 Å². The number of likely N-dealkylation sites (tertiary alicyclic amines) is 1. The molecule has 3 N–H and O–H groups in total. The number of nitrogens with two attached hydrogens (primary N) is 1. The first kappa shape index (κ1) is 25.5. The van der Waals surface area contributed by atoms with Crippen LogP contribution in [0.3, 0.4) is 0 Å². The van der Waals surface area contributed by atoms with Gasteiger partial charge in [-0.3, -0.25) is 9.78 Å². The minimum Gasteiger partial charge on any atom is -0.497 e. The van der Waals surface area contributed by atoms with E-state index in [0.717, 1.165) is 59.1 Å². The second kappa shape index (κ2) is 11.9. The summed E-state index contributed by atoms with van der Waals surface area (Å²) in [6.07, 6.45) is 9.41. The molecule has 34 heavy (non-hydrogen) atoms. The summed E-state index contributed by atoms with van der Waals surface area (Å²) in [7, 11) is 1.63. The van der Waals surface area contributed by atoms with Gasteiger partial charge in [0.2, 0.25) is 0 Å². The Hall–Kier alpha value is -1.54. The van der Waals surface area contributed by atoms with Gasteiger partial charge in [0.15, 0.2) is 0 Å². The topological polar surface area (TPSA) is 88.7 Å². The molecule has 1 aliphatic carbocycles. The number of methoxy groups -OCH3 is 1. The molecule has 0 unspecified atom stereocenters. The van der Waals surface area contributed by atoms with Crippen molar-refractivity contribution >= 4 is 40.2 Å². The first-order valence-corrected chi connectivity index (χ1v) is 13.8. The Kier molecular flexibility index (Phi) is 8.97. The maximum absolute atomic E-state index is 12.1. The zero-order valence-electron chi connectivity index (χ0n) is 19.9. The number of aliphatic carboxylic acids is 1. The molecular weight excluding hydrogens is 470 g/mol. The van der Waals surface area contributed by atoms with Gasteiger partial charge in [0, 0.05) is 41.7 Å². The second-order valence-corrected chi connectivity index (χ2v) is 11.5. The predicted octanol–water partition coefficient (Wildman–Crippen LogP) is 5.38. The number of pyridine rings is 1. The van der Waals surface area contributed by atoms with Crippen molar-refractivity contribution < 1.29 is 14.6 Å². The highest BCUT2D eigenvalue weighted by molar-refractivity contribution is 7.99. The Balaban J connectivity index is 1.36. The highest BCUT2D eigenvalue weighted by Crippen LogP contribution is 2.36. The number of benzene rings is 1. The summed E-state index contributed by atoms with van der Waals surface area (Å²) < 4.78 is 5.38. The van der Waals surface area contributed by atoms with Crippen LogP contribution in [0.5, 0.6) is 5.75 Å². The van der Waals surface area contributed by atoms with Crippen LogP contribution in [0.15, 0.2) is 24.4 Å². The standard InChI is InChI=1S/C26H36ClN3O3S/c1-33-18-7-9-24-20(14-18)25(22(27)15-29-24)23(28)8-6-17-10-11-30(16-21(17)26(31)32)12-13-34-19-4-2-3-5-19/h7,9,14-15,17,19,21,23H,2-6,8,10-13,16,28H2,1H3,(H,31,32)/t17-,21+,23-/m0/s1. The van der Waals surface area contributed by atoms with Crippen LogP contribution in [0.4, 0.5) is 0 Å². The van der Waals surface area contributed by atoms with Crippen LogP contribution in [-0.2, 0) is 4.79 Å². The molecule has 1 aliphatic heterocycles. The summed E-state index contributed by atoms with van der Waals surface area (Å²) in [6, 6.07) is 5.41. The van der Waals surface area contributed by atoms with Crippen LogP contribution < -0.4 is 10.5 Å². The summed E-state index contributed by atoms with van der Waals surface area (Å²) in [5, 5.41) is 12.2. The third-order valence-corrected chi connectivity index (χ3v) is 9.17. The second-order valence-electron chi connectivity index (χ2n) is 9.66. The molecule has 2 heterocycles. The normalized spacial score (nSPS) is 22.8. The Labute approximate surface area is 211 Å². The highest BCUT2D eigenvalue weighted by atomic mass is 35.5. The molecule has 4 rings (SSSR count). The Morgan fingerprint density at radius 1 is 1.35 bits per heavy atom. The summed E-state index contributed by atoms with van der Waals surface area (Å²) in [4.78, 5) is 18.9. The molecule has 1 saturated carbocycles. The third kappa shape index (κ3) is 6.17. The number of nitrogens with zero attached hydrogens (tertiary/aromatic N) is 2. The molecule has 6 nitrogen and oxygen atoms in total. The number of hydrogen-bond donors (Lipinski definition) is 2. The number of carbonyl (C=O) groups is 1. The molecule has 1 aromatic heterocycles. The van der Waals surface area contributed by atoms with Gasteiger partial charge < -0.3 is 20.5 Å². The van der Waals surface area contributed by atoms with E-state index in [1.54, 1.807) is 13.3 Å². The van der Waals surface area contributed by atoms with Crippen LogP contribution >= 0.6 is 23.4 Å². The van der Waals surface area contributed by atoms with Gasteiger partial charge in [-0.05, 0) is 68.3 Å². The lowest BCUT2D eigenvalue weighted by Crippen LogP contribution is -2.44. The number of piperidine rings is 1.